The van der Waals surface area contributed by atoms with E-state index in [1.54, 1.807) is 0 Å². The Morgan fingerprint density at radius 3 is 2.58 bits per heavy atom. The first-order chi connectivity index (χ1) is 5.24. The maximum absolute atomic E-state index is 10.3. The van der Waals surface area contributed by atoms with Crippen LogP contribution in [0.5, 0.6) is 0 Å². The molecule has 0 unspecified atom stereocenters. The van der Waals surface area contributed by atoms with Crippen molar-refractivity contribution in [2.75, 3.05) is 0 Å². The summed E-state index contributed by atoms with van der Waals surface area (Å²) in [5, 5.41) is 16.7. The molecule has 3 N–H and O–H groups in total. The molecule has 0 aromatic carbocycles. The van der Waals surface area contributed by atoms with Gasteiger partial charge in [0, 0.05) is 6.20 Å². The van der Waals surface area contributed by atoms with Gasteiger partial charge in [-0.3, -0.25) is 0 Å². The molecule has 0 bridgehead atoms. The Labute approximate surface area is 68.2 Å². The summed E-state index contributed by atoms with van der Waals surface area (Å²) in [4.78, 5) is 13.8. The summed E-state index contributed by atoms with van der Waals surface area (Å²) < 4.78 is 0. The first kappa shape index (κ1) is 10.1. The van der Waals surface area contributed by atoms with Gasteiger partial charge in [-0.1, -0.05) is 0 Å². The largest absolute Gasteiger partial charge is 0.477 e. The maximum atomic E-state index is 10.3. The summed E-state index contributed by atoms with van der Waals surface area (Å²) >= 11 is 0. The lowest BCUT2D eigenvalue weighted by atomic mass is 10.3. The third-order valence-corrected chi connectivity index (χ3v) is 1.11. The molecular formula is C7H6N2O3. The number of nitrogens with zero attached hydrogens (tertiary/aromatic N) is 2. The molecule has 0 radical (unpaired) electrons. The van der Waals surface area contributed by atoms with Crippen LogP contribution in [0.25, 0.3) is 0 Å². The lowest BCUT2D eigenvalue weighted by Gasteiger charge is -1.90. The molecule has 0 amide bonds. The second kappa shape index (κ2) is 4.05. The highest BCUT2D eigenvalue weighted by Gasteiger charge is 2.01. The summed E-state index contributed by atoms with van der Waals surface area (Å²) in [5.74, 6) is -1.09. The molecule has 1 rings (SSSR count). The van der Waals surface area contributed by atoms with E-state index in [2.05, 4.69) is 4.98 Å². The summed E-state index contributed by atoms with van der Waals surface area (Å²) in [5.41, 5.74) is 0.305. The minimum atomic E-state index is -1.09. The van der Waals surface area contributed by atoms with E-state index in [-0.39, 0.29) is 11.2 Å². The average molecular weight is 166 g/mol. The Morgan fingerprint density at radius 2 is 2.25 bits per heavy atom. The number of carbonyl (C=O) groups is 1. The Balaban J connectivity index is 0.00000121. The topological polar surface area (TPSA) is 105 Å². The molecule has 0 spiro atoms. The quantitative estimate of drug-likeness (QED) is 0.624. The number of hydrogen-bond acceptors (Lipinski definition) is 3. The molecule has 1 aromatic heterocycles. The van der Waals surface area contributed by atoms with Crippen LogP contribution < -0.4 is 0 Å². The number of carboxylic acids is 1. The van der Waals surface area contributed by atoms with Crippen LogP contribution in [0.1, 0.15) is 16.1 Å². The van der Waals surface area contributed by atoms with Gasteiger partial charge in [-0.05, 0) is 12.1 Å². The van der Waals surface area contributed by atoms with Gasteiger partial charge in [-0.25, -0.2) is 9.78 Å². The maximum Gasteiger partial charge on any atom is 0.354 e. The average Bonchev–Trinajstić information content (AvgIpc) is 2.05. The number of aromatic nitrogens is 1. The van der Waals surface area contributed by atoms with Crippen molar-refractivity contribution in [3.05, 3.63) is 29.6 Å². The molecule has 1 aromatic rings. The van der Waals surface area contributed by atoms with Crippen LogP contribution in [0.3, 0.4) is 0 Å². The molecular weight excluding hydrogens is 160 g/mol. The lowest BCUT2D eigenvalue weighted by Crippen LogP contribution is -1.98. The highest BCUT2D eigenvalue weighted by atomic mass is 16.4. The van der Waals surface area contributed by atoms with E-state index in [1.165, 1.54) is 18.3 Å². The Kier molecular flexibility index (Phi) is 3.40. The number of aromatic carboxylic acids is 1. The van der Waals surface area contributed by atoms with E-state index >= 15 is 0 Å². The van der Waals surface area contributed by atoms with Crippen molar-refractivity contribution in [3.8, 4) is 6.07 Å². The Morgan fingerprint density at radius 1 is 1.58 bits per heavy atom. The first-order valence-corrected chi connectivity index (χ1v) is 2.83. The van der Waals surface area contributed by atoms with Crippen molar-refractivity contribution in [1.82, 2.24) is 4.98 Å². The molecule has 62 valence electrons. The predicted molar refractivity (Wildman–Crippen MR) is 39.5 cm³/mol. The molecule has 0 saturated heterocycles. The highest BCUT2D eigenvalue weighted by Crippen LogP contribution is 1.97. The standard InChI is InChI=1S/C7H4N2O2.H2O/c8-3-5-1-2-6(7(10)11)9-4-5;/h1-2,4H,(H,10,11);1H2. The van der Waals surface area contributed by atoms with Gasteiger partial charge in [-0.15, -0.1) is 0 Å². The fraction of sp³-hybridized carbons (Fsp3) is 0. The van der Waals surface area contributed by atoms with E-state index in [0.717, 1.165) is 0 Å². The number of nitriles is 1. The van der Waals surface area contributed by atoms with E-state index in [4.69, 9.17) is 10.4 Å². The van der Waals surface area contributed by atoms with E-state index < -0.39 is 5.97 Å². The molecule has 0 aliphatic carbocycles. The fourth-order valence-electron chi connectivity index (χ4n) is 0.587. The van der Waals surface area contributed by atoms with Crippen molar-refractivity contribution < 1.29 is 15.4 Å². The minimum absolute atomic E-state index is 0. The van der Waals surface area contributed by atoms with Gasteiger partial charge in [0.25, 0.3) is 0 Å². The van der Waals surface area contributed by atoms with Crippen LogP contribution in [0.4, 0.5) is 0 Å². The number of hydrogen-bond donors (Lipinski definition) is 1. The van der Waals surface area contributed by atoms with Crippen molar-refractivity contribution >= 4 is 5.97 Å². The van der Waals surface area contributed by atoms with Gasteiger partial charge in [0.1, 0.15) is 11.8 Å². The lowest BCUT2D eigenvalue weighted by molar-refractivity contribution is 0.0690. The summed E-state index contributed by atoms with van der Waals surface area (Å²) in [6.45, 7) is 0. The fourth-order valence-corrected chi connectivity index (χ4v) is 0.587. The van der Waals surface area contributed by atoms with Crippen molar-refractivity contribution in [2.24, 2.45) is 0 Å². The molecule has 5 nitrogen and oxygen atoms in total. The van der Waals surface area contributed by atoms with Gasteiger partial charge in [0.15, 0.2) is 0 Å². The van der Waals surface area contributed by atoms with E-state index in [9.17, 15) is 4.79 Å². The van der Waals surface area contributed by atoms with Crippen LogP contribution in [0, 0.1) is 11.3 Å². The first-order valence-electron chi connectivity index (χ1n) is 2.83. The minimum Gasteiger partial charge on any atom is -0.477 e. The van der Waals surface area contributed by atoms with Gasteiger partial charge in [-0.2, -0.15) is 5.26 Å². The zero-order valence-electron chi connectivity index (χ0n) is 5.98. The van der Waals surface area contributed by atoms with Gasteiger partial charge in [0.05, 0.1) is 5.56 Å². The van der Waals surface area contributed by atoms with E-state index in [1.807, 2.05) is 6.07 Å². The predicted octanol–water partition coefficient (Wildman–Crippen LogP) is -0.173. The molecule has 1 heterocycles. The number of pyridine rings is 1. The smallest absolute Gasteiger partial charge is 0.354 e. The zero-order chi connectivity index (χ0) is 8.27. The second-order valence-corrected chi connectivity index (χ2v) is 1.85. The van der Waals surface area contributed by atoms with Crippen LogP contribution in [0.15, 0.2) is 18.3 Å². The van der Waals surface area contributed by atoms with Crippen molar-refractivity contribution in [1.29, 1.82) is 5.26 Å². The second-order valence-electron chi connectivity index (χ2n) is 1.85. The van der Waals surface area contributed by atoms with Gasteiger partial charge >= 0.3 is 5.97 Å². The summed E-state index contributed by atoms with van der Waals surface area (Å²) in [6, 6.07) is 4.54. The third kappa shape index (κ3) is 2.04. The highest BCUT2D eigenvalue weighted by molar-refractivity contribution is 5.85. The molecule has 0 saturated carbocycles. The van der Waals surface area contributed by atoms with Gasteiger partial charge in [0.2, 0.25) is 0 Å². The molecule has 0 aliphatic heterocycles. The van der Waals surface area contributed by atoms with E-state index in [0.29, 0.717) is 5.56 Å². The summed E-state index contributed by atoms with van der Waals surface area (Å²) in [6.07, 6.45) is 1.23. The SMILES string of the molecule is N#Cc1ccc(C(=O)O)nc1.O. The Bertz CT molecular complexity index is 312. The van der Waals surface area contributed by atoms with Crippen LogP contribution in [-0.4, -0.2) is 21.5 Å². The monoisotopic (exact) mass is 166 g/mol. The molecule has 0 aliphatic rings. The van der Waals surface area contributed by atoms with Crippen molar-refractivity contribution in [2.45, 2.75) is 0 Å². The molecule has 12 heavy (non-hydrogen) atoms. The summed E-state index contributed by atoms with van der Waals surface area (Å²) in [7, 11) is 0. The Hall–Kier alpha value is -1.93. The molecule has 0 atom stereocenters. The zero-order valence-corrected chi connectivity index (χ0v) is 5.98. The van der Waals surface area contributed by atoms with Gasteiger partial charge < -0.3 is 10.6 Å². The normalized spacial score (nSPS) is 7.92. The molecule has 5 heteroatoms. The number of carboxylic acid groups (broad SMARTS) is 1. The molecule has 0 fully saturated rings. The number of rotatable bonds is 1. The van der Waals surface area contributed by atoms with Crippen LogP contribution >= 0.6 is 0 Å². The van der Waals surface area contributed by atoms with Crippen LogP contribution in [-0.2, 0) is 0 Å². The van der Waals surface area contributed by atoms with Crippen LogP contribution in [0.2, 0.25) is 0 Å². The van der Waals surface area contributed by atoms with Crippen molar-refractivity contribution in [3.63, 3.8) is 0 Å². The third-order valence-electron chi connectivity index (χ3n) is 1.11.